The Hall–Kier alpha value is -1.93. The number of nitrogens with two attached hydrogens (primary N) is 1. The summed E-state index contributed by atoms with van der Waals surface area (Å²) in [7, 11) is 0. The molecule has 1 saturated heterocycles. The highest BCUT2D eigenvalue weighted by molar-refractivity contribution is 5.79. The SMILES string of the molecule is Nc1ccc(CC(=O)N2CCC(C(F)(F)F)(C(F)(F)F)C2)cc1. The molecular formula is C14H14F6N2O. The lowest BCUT2D eigenvalue weighted by Crippen LogP contribution is -2.52. The zero-order chi connectivity index (χ0) is 17.5. The van der Waals surface area contributed by atoms with Gasteiger partial charge in [-0.1, -0.05) is 12.1 Å². The predicted molar refractivity (Wildman–Crippen MR) is 70.3 cm³/mol. The zero-order valence-corrected chi connectivity index (χ0v) is 11.8. The first kappa shape index (κ1) is 17.4. The van der Waals surface area contributed by atoms with Gasteiger partial charge in [0.2, 0.25) is 5.91 Å². The number of amides is 1. The van der Waals surface area contributed by atoms with Crippen LogP contribution in [0.15, 0.2) is 24.3 Å². The van der Waals surface area contributed by atoms with Gasteiger partial charge in [-0.2, -0.15) is 26.3 Å². The molecule has 0 radical (unpaired) electrons. The average Bonchev–Trinajstić information content (AvgIpc) is 2.87. The van der Waals surface area contributed by atoms with Gasteiger partial charge in [-0.25, -0.2) is 0 Å². The minimum atomic E-state index is -5.46. The Bertz CT molecular complexity index is 564. The lowest BCUT2D eigenvalue weighted by Gasteiger charge is -2.33. The molecule has 1 aliphatic rings. The van der Waals surface area contributed by atoms with E-state index in [9.17, 15) is 31.1 Å². The van der Waals surface area contributed by atoms with Crippen LogP contribution in [0.3, 0.4) is 0 Å². The van der Waals surface area contributed by atoms with Crippen molar-refractivity contribution in [1.29, 1.82) is 0 Å². The molecule has 1 aliphatic heterocycles. The van der Waals surface area contributed by atoms with Gasteiger partial charge in [0, 0.05) is 18.8 Å². The van der Waals surface area contributed by atoms with Crippen molar-refractivity contribution in [2.45, 2.75) is 25.2 Å². The fourth-order valence-corrected chi connectivity index (χ4v) is 2.57. The first-order chi connectivity index (χ1) is 10.5. The first-order valence-electron chi connectivity index (χ1n) is 6.72. The van der Waals surface area contributed by atoms with Crippen LogP contribution in [-0.4, -0.2) is 36.2 Å². The van der Waals surface area contributed by atoms with Crippen LogP contribution in [0.25, 0.3) is 0 Å². The van der Waals surface area contributed by atoms with Gasteiger partial charge in [-0.3, -0.25) is 4.79 Å². The quantitative estimate of drug-likeness (QED) is 0.664. The largest absolute Gasteiger partial charge is 0.404 e. The molecule has 1 fully saturated rings. The molecule has 1 aromatic carbocycles. The number of rotatable bonds is 2. The van der Waals surface area contributed by atoms with Crippen molar-refractivity contribution in [1.82, 2.24) is 4.90 Å². The molecule has 128 valence electrons. The van der Waals surface area contributed by atoms with E-state index >= 15 is 0 Å². The van der Waals surface area contributed by atoms with Gasteiger partial charge in [0.15, 0.2) is 5.41 Å². The van der Waals surface area contributed by atoms with E-state index < -0.39 is 43.2 Å². The summed E-state index contributed by atoms with van der Waals surface area (Å²) in [6.45, 7) is -1.97. The third-order valence-corrected chi connectivity index (χ3v) is 4.04. The molecule has 0 spiro atoms. The van der Waals surface area contributed by atoms with Gasteiger partial charge in [-0.05, 0) is 24.1 Å². The molecule has 3 nitrogen and oxygen atoms in total. The van der Waals surface area contributed by atoms with E-state index in [1.54, 1.807) is 0 Å². The van der Waals surface area contributed by atoms with Crippen LogP contribution in [0.1, 0.15) is 12.0 Å². The summed E-state index contributed by atoms with van der Waals surface area (Å²) in [5.41, 5.74) is 2.53. The second-order valence-corrected chi connectivity index (χ2v) is 5.56. The summed E-state index contributed by atoms with van der Waals surface area (Å²) in [6.07, 6.45) is -12.4. The van der Waals surface area contributed by atoms with Gasteiger partial charge in [0.25, 0.3) is 0 Å². The third-order valence-electron chi connectivity index (χ3n) is 4.04. The van der Waals surface area contributed by atoms with E-state index in [0.29, 0.717) is 16.2 Å². The maximum absolute atomic E-state index is 12.9. The number of likely N-dealkylation sites (tertiary alicyclic amines) is 1. The van der Waals surface area contributed by atoms with Gasteiger partial charge in [0.1, 0.15) is 0 Å². The van der Waals surface area contributed by atoms with Crippen LogP contribution in [-0.2, 0) is 11.2 Å². The summed E-state index contributed by atoms with van der Waals surface area (Å²) in [5.74, 6) is -0.773. The van der Waals surface area contributed by atoms with Crippen molar-refractivity contribution in [3.8, 4) is 0 Å². The van der Waals surface area contributed by atoms with Crippen molar-refractivity contribution >= 4 is 11.6 Å². The molecule has 0 bridgehead atoms. The van der Waals surface area contributed by atoms with Crippen molar-refractivity contribution in [2.75, 3.05) is 18.8 Å². The number of halogens is 6. The molecular weight excluding hydrogens is 326 g/mol. The van der Waals surface area contributed by atoms with Crippen LogP contribution in [0.5, 0.6) is 0 Å². The van der Waals surface area contributed by atoms with Gasteiger partial charge in [-0.15, -0.1) is 0 Å². The van der Waals surface area contributed by atoms with Crippen LogP contribution in [0.2, 0.25) is 0 Å². The van der Waals surface area contributed by atoms with Crippen molar-refractivity contribution in [3.63, 3.8) is 0 Å². The topological polar surface area (TPSA) is 46.3 Å². The average molecular weight is 340 g/mol. The summed E-state index contributed by atoms with van der Waals surface area (Å²) in [5, 5.41) is 0. The molecule has 0 atom stereocenters. The number of nitrogen functional groups attached to an aromatic ring is 1. The second-order valence-electron chi connectivity index (χ2n) is 5.56. The number of alkyl halides is 6. The minimum absolute atomic E-state index is 0.272. The molecule has 1 aromatic rings. The van der Waals surface area contributed by atoms with Crippen molar-refractivity contribution in [3.05, 3.63) is 29.8 Å². The Morgan fingerprint density at radius 2 is 1.61 bits per heavy atom. The Kier molecular flexibility index (Phi) is 4.25. The van der Waals surface area contributed by atoms with E-state index in [1.807, 2.05) is 0 Å². The maximum atomic E-state index is 12.9. The van der Waals surface area contributed by atoms with E-state index in [1.165, 1.54) is 24.3 Å². The van der Waals surface area contributed by atoms with E-state index in [4.69, 9.17) is 5.73 Å². The molecule has 0 unspecified atom stereocenters. The molecule has 1 amide bonds. The van der Waals surface area contributed by atoms with Crippen LogP contribution in [0, 0.1) is 5.41 Å². The summed E-state index contributed by atoms with van der Waals surface area (Å²) < 4.78 is 77.7. The predicted octanol–water partition coefficient (Wildman–Crippen LogP) is 3.15. The zero-order valence-electron chi connectivity index (χ0n) is 11.8. The third kappa shape index (κ3) is 3.23. The molecule has 9 heteroatoms. The number of anilines is 1. The highest BCUT2D eigenvalue weighted by Gasteiger charge is 2.72. The standard InChI is InChI=1S/C14H14F6N2O/c15-13(16,17)12(14(18,19)20)5-6-22(8-12)11(23)7-9-1-3-10(21)4-2-9/h1-4H,5-8,21H2. The Morgan fingerprint density at radius 3 is 2.04 bits per heavy atom. The Balaban J connectivity index is 2.14. The minimum Gasteiger partial charge on any atom is -0.399 e. The van der Waals surface area contributed by atoms with Crippen molar-refractivity contribution in [2.24, 2.45) is 5.41 Å². The Morgan fingerprint density at radius 1 is 1.09 bits per heavy atom. The number of nitrogens with zero attached hydrogens (tertiary/aromatic N) is 1. The number of hydrogen-bond donors (Lipinski definition) is 1. The van der Waals surface area contributed by atoms with Crippen LogP contribution in [0.4, 0.5) is 32.0 Å². The summed E-state index contributed by atoms with van der Waals surface area (Å²) in [4.78, 5) is 12.6. The Labute approximate surface area is 128 Å². The fraction of sp³-hybridized carbons (Fsp3) is 0.500. The second kappa shape index (κ2) is 5.61. The van der Waals surface area contributed by atoms with Crippen LogP contribution < -0.4 is 5.73 Å². The highest BCUT2D eigenvalue weighted by Crippen LogP contribution is 2.55. The fourth-order valence-electron chi connectivity index (χ4n) is 2.57. The van der Waals surface area contributed by atoms with Gasteiger partial charge < -0.3 is 10.6 Å². The molecule has 23 heavy (non-hydrogen) atoms. The van der Waals surface area contributed by atoms with Crippen molar-refractivity contribution < 1.29 is 31.1 Å². The molecule has 2 rings (SSSR count). The maximum Gasteiger partial charge on any atom is 0.404 e. The van der Waals surface area contributed by atoms with E-state index in [-0.39, 0.29) is 6.42 Å². The summed E-state index contributed by atoms with van der Waals surface area (Å²) >= 11 is 0. The lowest BCUT2D eigenvalue weighted by molar-refractivity contribution is -0.334. The summed E-state index contributed by atoms with van der Waals surface area (Å²) in [6, 6.07) is 6.01. The normalized spacial score (nSPS) is 18.3. The van der Waals surface area contributed by atoms with Crippen LogP contribution >= 0.6 is 0 Å². The van der Waals surface area contributed by atoms with Gasteiger partial charge >= 0.3 is 12.4 Å². The molecule has 0 aliphatic carbocycles. The van der Waals surface area contributed by atoms with Gasteiger partial charge in [0.05, 0.1) is 6.42 Å². The van der Waals surface area contributed by atoms with E-state index in [0.717, 1.165) is 0 Å². The highest BCUT2D eigenvalue weighted by atomic mass is 19.4. The number of carbonyl (C=O) groups excluding carboxylic acids is 1. The number of carbonyl (C=O) groups is 1. The monoisotopic (exact) mass is 340 g/mol. The smallest absolute Gasteiger partial charge is 0.399 e. The molecule has 2 N–H and O–H groups in total. The number of benzene rings is 1. The molecule has 0 saturated carbocycles. The van der Waals surface area contributed by atoms with E-state index in [2.05, 4.69) is 0 Å². The number of hydrogen-bond acceptors (Lipinski definition) is 2. The lowest BCUT2D eigenvalue weighted by atomic mass is 9.85. The molecule has 1 heterocycles. The first-order valence-corrected chi connectivity index (χ1v) is 6.72. The molecule has 0 aromatic heterocycles.